The molecule has 90 valence electrons. The Kier molecular flexibility index (Phi) is 4.44. The summed E-state index contributed by atoms with van der Waals surface area (Å²) in [5, 5.41) is 12.5. The Hall–Kier alpha value is -0.320. The van der Waals surface area contributed by atoms with Crippen LogP contribution in [-0.4, -0.2) is 29.3 Å². The van der Waals surface area contributed by atoms with Crippen molar-refractivity contribution in [3.05, 3.63) is 10.5 Å². The maximum atomic E-state index is 9.14. The molecule has 1 N–H and O–H groups in total. The van der Waals surface area contributed by atoms with Gasteiger partial charge in [-0.15, -0.1) is 11.3 Å². The van der Waals surface area contributed by atoms with Gasteiger partial charge in [-0.05, 0) is 12.8 Å². The van der Waals surface area contributed by atoms with Crippen molar-refractivity contribution >= 4 is 28.1 Å². The summed E-state index contributed by atoms with van der Waals surface area (Å²) in [5.41, 5.74) is 0. The number of thiazole rings is 1. The Morgan fingerprint density at radius 1 is 1.44 bits per heavy atom. The maximum absolute atomic E-state index is 9.14. The van der Waals surface area contributed by atoms with E-state index in [0.717, 1.165) is 5.13 Å². The minimum atomic E-state index is 0.174. The fourth-order valence-electron chi connectivity index (χ4n) is 2.31. The molecule has 0 amide bonds. The zero-order chi connectivity index (χ0) is 11.4. The largest absolute Gasteiger partial charge is 0.395 e. The Morgan fingerprint density at radius 2 is 2.19 bits per heavy atom. The van der Waals surface area contributed by atoms with Gasteiger partial charge in [0.1, 0.15) is 5.15 Å². The standard InChI is InChI=1S/C11H17ClN2OS/c12-10-8-16-11(13-10)14(6-7-15)9-4-2-1-3-5-9/h8-9,15H,1-7H2. The first kappa shape index (κ1) is 12.1. The van der Waals surface area contributed by atoms with E-state index in [1.54, 1.807) is 11.3 Å². The fourth-order valence-corrected chi connectivity index (χ4v) is 3.36. The first-order chi connectivity index (χ1) is 7.81. The molecular weight excluding hydrogens is 244 g/mol. The third-order valence-electron chi connectivity index (χ3n) is 3.07. The molecule has 16 heavy (non-hydrogen) atoms. The average Bonchev–Trinajstić information content (AvgIpc) is 2.74. The van der Waals surface area contributed by atoms with Crippen LogP contribution in [0.3, 0.4) is 0 Å². The van der Waals surface area contributed by atoms with E-state index in [4.69, 9.17) is 16.7 Å². The molecule has 3 nitrogen and oxygen atoms in total. The monoisotopic (exact) mass is 260 g/mol. The quantitative estimate of drug-likeness (QED) is 0.904. The number of hydrogen-bond donors (Lipinski definition) is 1. The van der Waals surface area contributed by atoms with E-state index in [2.05, 4.69) is 9.88 Å². The van der Waals surface area contributed by atoms with Crippen molar-refractivity contribution in [1.29, 1.82) is 0 Å². The maximum Gasteiger partial charge on any atom is 0.187 e. The number of nitrogens with zero attached hydrogens (tertiary/aromatic N) is 2. The van der Waals surface area contributed by atoms with Crippen molar-refractivity contribution in [3.63, 3.8) is 0 Å². The van der Waals surface area contributed by atoms with Crippen molar-refractivity contribution in [1.82, 2.24) is 4.98 Å². The SMILES string of the molecule is OCCN(c1nc(Cl)cs1)C1CCCCC1. The normalized spacial score (nSPS) is 17.6. The molecule has 1 aromatic heterocycles. The van der Waals surface area contributed by atoms with Crippen molar-refractivity contribution in [2.75, 3.05) is 18.1 Å². The third kappa shape index (κ3) is 2.87. The van der Waals surface area contributed by atoms with Gasteiger partial charge in [0.15, 0.2) is 5.13 Å². The molecular formula is C11H17ClN2OS. The van der Waals surface area contributed by atoms with Crippen molar-refractivity contribution in [2.24, 2.45) is 0 Å². The summed E-state index contributed by atoms with van der Waals surface area (Å²) in [4.78, 5) is 6.52. The summed E-state index contributed by atoms with van der Waals surface area (Å²) in [6.45, 7) is 0.836. The Bertz CT molecular complexity index is 326. The predicted molar refractivity (Wildman–Crippen MR) is 68.4 cm³/mol. The highest BCUT2D eigenvalue weighted by Gasteiger charge is 2.22. The molecule has 1 aliphatic rings. The van der Waals surface area contributed by atoms with Crippen LogP contribution < -0.4 is 4.90 Å². The summed E-state index contributed by atoms with van der Waals surface area (Å²) in [7, 11) is 0. The molecule has 1 fully saturated rings. The van der Waals surface area contributed by atoms with E-state index in [9.17, 15) is 0 Å². The number of anilines is 1. The van der Waals surface area contributed by atoms with E-state index in [1.807, 2.05) is 5.38 Å². The van der Waals surface area contributed by atoms with Crippen molar-refractivity contribution < 1.29 is 5.11 Å². The molecule has 0 aromatic carbocycles. The second kappa shape index (κ2) is 5.84. The van der Waals surface area contributed by atoms with Crippen molar-refractivity contribution in [3.8, 4) is 0 Å². The Balaban J connectivity index is 2.09. The van der Waals surface area contributed by atoms with Gasteiger partial charge in [-0.25, -0.2) is 4.98 Å². The minimum Gasteiger partial charge on any atom is -0.395 e. The van der Waals surface area contributed by atoms with E-state index in [-0.39, 0.29) is 6.61 Å². The summed E-state index contributed by atoms with van der Waals surface area (Å²) < 4.78 is 0. The first-order valence-corrected chi connectivity index (χ1v) is 7.05. The van der Waals surface area contributed by atoms with Crippen LogP contribution in [-0.2, 0) is 0 Å². The molecule has 1 aromatic rings. The number of rotatable bonds is 4. The highest BCUT2D eigenvalue weighted by molar-refractivity contribution is 7.14. The lowest BCUT2D eigenvalue weighted by molar-refractivity contribution is 0.290. The minimum absolute atomic E-state index is 0.174. The van der Waals surface area contributed by atoms with Gasteiger partial charge in [0.2, 0.25) is 0 Å². The highest BCUT2D eigenvalue weighted by atomic mass is 35.5. The number of aromatic nitrogens is 1. The fraction of sp³-hybridized carbons (Fsp3) is 0.727. The third-order valence-corrected chi connectivity index (χ3v) is 4.27. The Morgan fingerprint density at radius 3 is 2.75 bits per heavy atom. The van der Waals surface area contributed by atoms with Gasteiger partial charge in [0.25, 0.3) is 0 Å². The lowest BCUT2D eigenvalue weighted by atomic mass is 9.94. The number of halogens is 1. The number of aliphatic hydroxyl groups excluding tert-OH is 1. The van der Waals surface area contributed by atoms with E-state index in [1.165, 1.54) is 32.1 Å². The van der Waals surface area contributed by atoms with Crippen LogP contribution >= 0.6 is 22.9 Å². The van der Waals surface area contributed by atoms with E-state index < -0.39 is 0 Å². The van der Waals surface area contributed by atoms with Crippen molar-refractivity contribution in [2.45, 2.75) is 38.1 Å². The molecule has 2 rings (SSSR count). The van der Waals surface area contributed by atoms with Gasteiger partial charge >= 0.3 is 0 Å². The molecule has 1 saturated carbocycles. The van der Waals surface area contributed by atoms with Gasteiger partial charge in [-0.1, -0.05) is 30.9 Å². The molecule has 5 heteroatoms. The lowest BCUT2D eigenvalue weighted by Crippen LogP contribution is -2.38. The number of aliphatic hydroxyl groups is 1. The second-order valence-electron chi connectivity index (χ2n) is 4.16. The van der Waals surface area contributed by atoms with Gasteiger partial charge in [-0.3, -0.25) is 0 Å². The van der Waals surface area contributed by atoms with Crippen LogP contribution in [0.25, 0.3) is 0 Å². The average molecular weight is 261 g/mol. The van der Waals surface area contributed by atoms with Crippen LogP contribution in [0.15, 0.2) is 5.38 Å². The molecule has 0 radical (unpaired) electrons. The van der Waals surface area contributed by atoms with E-state index >= 15 is 0 Å². The van der Waals surface area contributed by atoms with Crippen LogP contribution in [0.4, 0.5) is 5.13 Å². The smallest absolute Gasteiger partial charge is 0.187 e. The second-order valence-corrected chi connectivity index (χ2v) is 5.39. The van der Waals surface area contributed by atoms with Gasteiger partial charge in [0.05, 0.1) is 6.61 Å². The van der Waals surface area contributed by atoms with Gasteiger partial charge < -0.3 is 10.0 Å². The zero-order valence-corrected chi connectivity index (χ0v) is 10.8. The van der Waals surface area contributed by atoms with Crippen LogP contribution in [0, 0.1) is 0 Å². The predicted octanol–water partition coefficient (Wildman–Crippen LogP) is 2.93. The van der Waals surface area contributed by atoms with Crippen LogP contribution in [0.2, 0.25) is 5.15 Å². The van der Waals surface area contributed by atoms with Gasteiger partial charge in [0, 0.05) is 18.0 Å². The first-order valence-electron chi connectivity index (χ1n) is 5.80. The molecule has 0 bridgehead atoms. The van der Waals surface area contributed by atoms with Gasteiger partial charge in [-0.2, -0.15) is 0 Å². The summed E-state index contributed by atoms with van der Waals surface area (Å²) >= 11 is 7.42. The molecule has 0 spiro atoms. The summed E-state index contributed by atoms with van der Waals surface area (Å²) in [6, 6.07) is 0.531. The van der Waals surface area contributed by atoms with E-state index in [0.29, 0.717) is 17.7 Å². The summed E-state index contributed by atoms with van der Waals surface area (Å²) in [5.74, 6) is 0. The van der Waals surface area contributed by atoms with Crippen LogP contribution in [0.5, 0.6) is 0 Å². The highest BCUT2D eigenvalue weighted by Crippen LogP contribution is 2.30. The Labute approximate surface area is 105 Å². The lowest BCUT2D eigenvalue weighted by Gasteiger charge is -2.33. The summed E-state index contributed by atoms with van der Waals surface area (Å²) in [6.07, 6.45) is 6.31. The zero-order valence-electron chi connectivity index (χ0n) is 9.23. The molecule has 0 aliphatic heterocycles. The topological polar surface area (TPSA) is 36.4 Å². The number of hydrogen-bond acceptors (Lipinski definition) is 4. The molecule has 0 saturated heterocycles. The molecule has 0 unspecified atom stereocenters. The molecule has 1 aliphatic carbocycles. The molecule has 1 heterocycles. The molecule has 0 atom stereocenters. The van der Waals surface area contributed by atoms with Crippen LogP contribution in [0.1, 0.15) is 32.1 Å².